The summed E-state index contributed by atoms with van der Waals surface area (Å²) in [6.45, 7) is 6.47. The fraction of sp³-hybridized carbons (Fsp3) is 0.474. The molecule has 0 saturated carbocycles. The Hall–Kier alpha value is -1.83. The molecule has 1 aromatic carbocycles. The summed E-state index contributed by atoms with van der Waals surface area (Å²) >= 11 is 1.55. The Morgan fingerprint density at radius 1 is 1.22 bits per heavy atom. The van der Waals surface area contributed by atoms with Crippen molar-refractivity contribution in [2.24, 2.45) is 0 Å². The van der Waals surface area contributed by atoms with Crippen molar-refractivity contribution in [2.45, 2.75) is 20.3 Å². The predicted molar refractivity (Wildman–Crippen MR) is 112 cm³/mol. The lowest BCUT2D eigenvalue weighted by atomic mass is 10.1. The number of halogens is 1. The van der Waals surface area contributed by atoms with E-state index in [9.17, 15) is 4.79 Å². The molecule has 0 aliphatic carbocycles. The van der Waals surface area contributed by atoms with Gasteiger partial charge in [-0.2, -0.15) is 0 Å². The molecule has 0 unspecified atom stereocenters. The summed E-state index contributed by atoms with van der Waals surface area (Å²) in [5, 5.41) is 0.701. The van der Waals surface area contributed by atoms with Crippen molar-refractivity contribution in [1.29, 1.82) is 0 Å². The second-order valence-electron chi connectivity index (χ2n) is 6.74. The number of benzene rings is 1. The van der Waals surface area contributed by atoms with Gasteiger partial charge in [-0.15, -0.1) is 12.4 Å². The van der Waals surface area contributed by atoms with E-state index in [4.69, 9.17) is 14.5 Å². The summed E-state index contributed by atoms with van der Waals surface area (Å²) in [6.07, 6.45) is 2.26. The Kier molecular flexibility index (Phi) is 7.47. The maximum atomic E-state index is 13.0. The molecule has 1 aliphatic rings. The third kappa shape index (κ3) is 5.12. The highest BCUT2D eigenvalue weighted by Gasteiger charge is 2.26. The van der Waals surface area contributed by atoms with Gasteiger partial charge in [-0.3, -0.25) is 9.69 Å². The van der Waals surface area contributed by atoms with Gasteiger partial charge in [-0.05, 0) is 58.1 Å². The number of carbonyl (C=O) groups excluding carboxylic acids is 1. The van der Waals surface area contributed by atoms with E-state index in [2.05, 4.69) is 30.9 Å². The van der Waals surface area contributed by atoms with Crippen LogP contribution >= 0.6 is 23.7 Å². The average molecular weight is 412 g/mol. The highest BCUT2D eigenvalue weighted by Crippen LogP contribution is 2.33. The largest absolute Gasteiger partial charge is 0.494 e. The number of hydrogen-bond acceptors (Lipinski definition) is 6. The fourth-order valence-electron chi connectivity index (χ4n) is 2.92. The van der Waals surface area contributed by atoms with Crippen molar-refractivity contribution >= 4 is 45.0 Å². The summed E-state index contributed by atoms with van der Waals surface area (Å²) in [5.74, 6) is 0.0464. The number of carbonyl (C=O) groups is 1. The molecule has 148 valence electrons. The van der Waals surface area contributed by atoms with Crippen LogP contribution in [0, 0.1) is 13.8 Å². The number of aromatic nitrogens is 1. The van der Waals surface area contributed by atoms with Crippen LogP contribution in [0.2, 0.25) is 0 Å². The number of aryl methyl sites for hydroxylation is 2. The number of rotatable bonds is 6. The number of fused-ring (bicyclic) bond motifs is 1. The predicted octanol–water partition coefficient (Wildman–Crippen LogP) is 3.51. The molecule has 1 aromatic heterocycles. The Morgan fingerprint density at radius 2 is 2.00 bits per heavy atom. The van der Waals surface area contributed by atoms with E-state index in [-0.39, 0.29) is 24.1 Å². The molecule has 2 heterocycles. The van der Waals surface area contributed by atoms with Gasteiger partial charge < -0.3 is 14.4 Å². The highest BCUT2D eigenvalue weighted by atomic mass is 35.5. The zero-order chi connectivity index (χ0) is 18.7. The van der Waals surface area contributed by atoms with E-state index < -0.39 is 0 Å². The molecule has 1 aliphatic heterocycles. The van der Waals surface area contributed by atoms with Crippen LogP contribution < -0.4 is 4.90 Å². The summed E-state index contributed by atoms with van der Waals surface area (Å²) < 4.78 is 11.9. The highest BCUT2D eigenvalue weighted by molar-refractivity contribution is 7.22. The molecule has 1 amide bonds. The van der Waals surface area contributed by atoms with Crippen LogP contribution in [0.3, 0.4) is 0 Å². The quantitative estimate of drug-likeness (QED) is 0.728. The van der Waals surface area contributed by atoms with Crippen LogP contribution in [0.25, 0.3) is 10.2 Å². The molecule has 3 rings (SSSR count). The molecular formula is C19H26ClN3O3S. The van der Waals surface area contributed by atoms with E-state index in [1.807, 2.05) is 14.1 Å². The van der Waals surface area contributed by atoms with E-state index in [0.717, 1.165) is 23.2 Å². The number of amides is 1. The molecule has 0 spiro atoms. The lowest BCUT2D eigenvalue weighted by Gasteiger charge is -2.23. The second-order valence-corrected chi connectivity index (χ2v) is 7.72. The van der Waals surface area contributed by atoms with Gasteiger partial charge in [-0.25, -0.2) is 4.98 Å². The van der Waals surface area contributed by atoms with Crippen molar-refractivity contribution in [3.8, 4) is 0 Å². The van der Waals surface area contributed by atoms with Crippen molar-refractivity contribution in [1.82, 2.24) is 9.88 Å². The summed E-state index contributed by atoms with van der Waals surface area (Å²) in [6, 6.07) is 4.20. The van der Waals surface area contributed by atoms with Crippen LogP contribution in [-0.4, -0.2) is 56.2 Å². The average Bonchev–Trinajstić information content (AvgIpc) is 3.02. The zero-order valence-electron chi connectivity index (χ0n) is 16.2. The fourth-order valence-corrected chi connectivity index (χ4v) is 3.96. The lowest BCUT2D eigenvalue weighted by molar-refractivity contribution is -0.119. The monoisotopic (exact) mass is 411 g/mol. The summed E-state index contributed by atoms with van der Waals surface area (Å²) in [7, 11) is 4.05. The maximum Gasteiger partial charge on any atom is 0.298 e. The number of thiazole rings is 1. The molecule has 0 fully saturated rings. The molecule has 0 atom stereocenters. The minimum absolute atomic E-state index is 0. The lowest BCUT2D eigenvalue weighted by Crippen LogP contribution is -2.36. The number of nitrogens with zero attached hydrogens (tertiary/aromatic N) is 3. The third-order valence-corrected chi connectivity index (χ3v) is 5.36. The topological polar surface area (TPSA) is 54.9 Å². The Labute approximate surface area is 170 Å². The summed E-state index contributed by atoms with van der Waals surface area (Å²) in [5.41, 5.74) is 3.28. The first-order valence-electron chi connectivity index (χ1n) is 8.74. The molecule has 27 heavy (non-hydrogen) atoms. The van der Waals surface area contributed by atoms with Gasteiger partial charge in [0.05, 0.1) is 10.2 Å². The Bertz CT molecular complexity index is 835. The van der Waals surface area contributed by atoms with Crippen LogP contribution in [0.15, 0.2) is 24.2 Å². The standard InChI is InChI=1S/C19H25N3O3S.ClH/c1-13-10-14(2)17-15(11-13)20-19(26-17)22(7-5-6-21(3)4)18(23)16-12-24-8-9-25-16;/h10-12H,5-9H2,1-4H3;1H. The molecular weight excluding hydrogens is 386 g/mol. The second kappa shape index (κ2) is 9.39. The van der Waals surface area contributed by atoms with Gasteiger partial charge in [0.1, 0.15) is 19.5 Å². The molecule has 0 saturated heterocycles. The van der Waals surface area contributed by atoms with E-state index in [1.165, 1.54) is 17.4 Å². The molecule has 6 nitrogen and oxygen atoms in total. The zero-order valence-corrected chi connectivity index (χ0v) is 17.8. The molecule has 0 bridgehead atoms. The number of anilines is 1. The van der Waals surface area contributed by atoms with Crippen molar-refractivity contribution < 1.29 is 14.3 Å². The Balaban J connectivity index is 0.00000261. The SMILES string of the molecule is Cc1cc(C)c2sc(N(CCCN(C)C)C(=O)C3=COCCO3)nc2c1.Cl. The third-order valence-electron chi connectivity index (χ3n) is 4.13. The molecule has 8 heteroatoms. The van der Waals surface area contributed by atoms with Crippen LogP contribution in [0.1, 0.15) is 17.5 Å². The first kappa shape index (κ1) is 21.5. The molecule has 0 N–H and O–H groups in total. The first-order valence-corrected chi connectivity index (χ1v) is 9.56. The van der Waals surface area contributed by atoms with Crippen LogP contribution in [-0.2, 0) is 14.3 Å². The van der Waals surface area contributed by atoms with Gasteiger partial charge in [0, 0.05) is 6.54 Å². The van der Waals surface area contributed by atoms with Crippen molar-refractivity contribution in [2.75, 3.05) is 45.3 Å². The van der Waals surface area contributed by atoms with E-state index >= 15 is 0 Å². The molecule has 0 radical (unpaired) electrons. The van der Waals surface area contributed by atoms with Crippen LogP contribution in [0.4, 0.5) is 5.13 Å². The van der Waals surface area contributed by atoms with Crippen molar-refractivity contribution in [3.05, 3.63) is 35.3 Å². The van der Waals surface area contributed by atoms with Gasteiger partial charge in [-0.1, -0.05) is 17.4 Å². The Morgan fingerprint density at radius 3 is 2.67 bits per heavy atom. The minimum atomic E-state index is -0.197. The maximum absolute atomic E-state index is 13.0. The van der Waals surface area contributed by atoms with Crippen molar-refractivity contribution in [3.63, 3.8) is 0 Å². The van der Waals surface area contributed by atoms with Gasteiger partial charge in [0.15, 0.2) is 5.13 Å². The number of ether oxygens (including phenoxy) is 2. The normalized spacial score (nSPS) is 13.6. The smallest absolute Gasteiger partial charge is 0.298 e. The summed E-state index contributed by atoms with van der Waals surface area (Å²) in [4.78, 5) is 21.6. The van der Waals surface area contributed by atoms with E-state index in [0.29, 0.717) is 24.9 Å². The first-order chi connectivity index (χ1) is 12.5. The van der Waals surface area contributed by atoms with Crippen LogP contribution in [0.5, 0.6) is 0 Å². The van der Waals surface area contributed by atoms with Gasteiger partial charge >= 0.3 is 0 Å². The van der Waals surface area contributed by atoms with Gasteiger partial charge in [0.2, 0.25) is 5.76 Å². The van der Waals surface area contributed by atoms with Gasteiger partial charge in [0.25, 0.3) is 5.91 Å². The van der Waals surface area contributed by atoms with E-state index in [1.54, 1.807) is 16.2 Å². The minimum Gasteiger partial charge on any atom is -0.494 e. The number of hydrogen-bond donors (Lipinski definition) is 0. The molecule has 2 aromatic rings.